The van der Waals surface area contributed by atoms with Crippen LogP contribution in [0.3, 0.4) is 0 Å². The smallest absolute Gasteiger partial charge is 0.296 e. The van der Waals surface area contributed by atoms with Crippen LogP contribution in [0.1, 0.15) is 25.3 Å². The lowest BCUT2D eigenvalue weighted by molar-refractivity contribution is -0.115. The molecule has 18 heavy (non-hydrogen) atoms. The standard InChI is InChI=1S/C15H19NO2/c1-2-13(10-11-17)12-16-15(18)9-8-14-6-4-3-5-7-14/h3-7,13,17H,2,10-12H2,1H3,(H,16,18). The zero-order valence-corrected chi connectivity index (χ0v) is 10.6. The van der Waals surface area contributed by atoms with Gasteiger partial charge < -0.3 is 10.4 Å². The topological polar surface area (TPSA) is 49.3 Å². The average molecular weight is 245 g/mol. The van der Waals surface area contributed by atoms with Gasteiger partial charge in [-0.25, -0.2) is 0 Å². The molecular weight excluding hydrogens is 226 g/mol. The maximum Gasteiger partial charge on any atom is 0.296 e. The molecule has 0 aliphatic rings. The number of benzene rings is 1. The van der Waals surface area contributed by atoms with E-state index in [4.69, 9.17) is 5.11 Å². The molecule has 1 aromatic rings. The van der Waals surface area contributed by atoms with Crippen molar-refractivity contribution in [3.05, 3.63) is 35.9 Å². The van der Waals surface area contributed by atoms with Crippen molar-refractivity contribution in [1.82, 2.24) is 5.32 Å². The van der Waals surface area contributed by atoms with Crippen molar-refractivity contribution in [2.24, 2.45) is 5.92 Å². The second-order valence-electron chi connectivity index (χ2n) is 4.11. The lowest BCUT2D eigenvalue weighted by atomic mass is 10.0. The molecule has 96 valence electrons. The molecule has 1 aromatic carbocycles. The van der Waals surface area contributed by atoms with Gasteiger partial charge in [-0.1, -0.05) is 37.5 Å². The van der Waals surface area contributed by atoms with Crippen molar-refractivity contribution in [3.8, 4) is 11.8 Å². The quantitative estimate of drug-likeness (QED) is 0.773. The van der Waals surface area contributed by atoms with Gasteiger partial charge in [-0.05, 0) is 24.5 Å². The Morgan fingerprint density at radius 3 is 2.72 bits per heavy atom. The van der Waals surface area contributed by atoms with Gasteiger partial charge in [0.25, 0.3) is 5.91 Å². The van der Waals surface area contributed by atoms with Gasteiger partial charge in [-0.2, -0.15) is 0 Å². The van der Waals surface area contributed by atoms with Crippen LogP contribution in [0, 0.1) is 17.8 Å². The Morgan fingerprint density at radius 1 is 1.39 bits per heavy atom. The molecule has 3 nitrogen and oxygen atoms in total. The van der Waals surface area contributed by atoms with Crippen LogP contribution in [0.15, 0.2) is 30.3 Å². The largest absolute Gasteiger partial charge is 0.396 e. The summed E-state index contributed by atoms with van der Waals surface area (Å²) in [4.78, 5) is 11.5. The second kappa shape index (κ2) is 8.32. The fourth-order valence-electron chi connectivity index (χ4n) is 1.56. The van der Waals surface area contributed by atoms with Gasteiger partial charge in [0.2, 0.25) is 0 Å². The lowest BCUT2D eigenvalue weighted by Crippen LogP contribution is -2.28. The molecule has 0 aliphatic heterocycles. The van der Waals surface area contributed by atoms with Crippen molar-refractivity contribution < 1.29 is 9.90 Å². The van der Waals surface area contributed by atoms with Crippen LogP contribution in [-0.2, 0) is 4.79 Å². The van der Waals surface area contributed by atoms with Crippen LogP contribution in [0.4, 0.5) is 0 Å². The van der Waals surface area contributed by atoms with Gasteiger partial charge in [-0.3, -0.25) is 4.79 Å². The summed E-state index contributed by atoms with van der Waals surface area (Å²) in [5.74, 6) is 5.41. The molecule has 1 rings (SSSR count). The number of hydrogen-bond donors (Lipinski definition) is 2. The Balaban J connectivity index is 2.40. The van der Waals surface area contributed by atoms with Gasteiger partial charge in [0.1, 0.15) is 0 Å². The highest BCUT2D eigenvalue weighted by molar-refractivity contribution is 5.94. The van der Waals surface area contributed by atoms with Crippen molar-refractivity contribution in [1.29, 1.82) is 0 Å². The van der Waals surface area contributed by atoms with E-state index in [1.807, 2.05) is 37.3 Å². The monoisotopic (exact) mass is 245 g/mol. The summed E-state index contributed by atoms with van der Waals surface area (Å²) in [6.45, 7) is 2.77. The number of aliphatic hydroxyl groups excluding tert-OH is 1. The molecule has 0 aliphatic carbocycles. The van der Waals surface area contributed by atoms with E-state index in [9.17, 15) is 4.79 Å². The van der Waals surface area contributed by atoms with Crippen molar-refractivity contribution >= 4 is 5.91 Å². The molecule has 0 aromatic heterocycles. The van der Waals surface area contributed by atoms with E-state index >= 15 is 0 Å². The maximum absolute atomic E-state index is 11.5. The first-order chi connectivity index (χ1) is 8.76. The number of carbonyl (C=O) groups excluding carboxylic acids is 1. The third-order valence-electron chi connectivity index (χ3n) is 2.76. The Morgan fingerprint density at radius 2 is 2.11 bits per heavy atom. The van der Waals surface area contributed by atoms with E-state index in [0.29, 0.717) is 18.9 Å². The van der Waals surface area contributed by atoms with Gasteiger partial charge >= 0.3 is 0 Å². The molecule has 0 heterocycles. The van der Waals surface area contributed by atoms with Gasteiger partial charge in [0.15, 0.2) is 0 Å². The van der Waals surface area contributed by atoms with Crippen molar-refractivity contribution in [3.63, 3.8) is 0 Å². The van der Waals surface area contributed by atoms with Crippen LogP contribution in [0.2, 0.25) is 0 Å². The molecule has 1 atom stereocenters. The predicted molar refractivity (Wildman–Crippen MR) is 71.8 cm³/mol. The summed E-state index contributed by atoms with van der Waals surface area (Å²) in [5.41, 5.74) is 0.829. The molecule has 1 unspecified atom stereocenters. The number of amides is 1. The normalized spacial score (nSPS) is 11.2. The van der Waals surface area contributed by atoms with Gasteiger partial charge in [0, 0.05) is 24.6 Å². The molecule has 0 bridgehead atoms. The second-order valence-corrected chi connectivity index (χ2v) is 4.11. The molecule has 1 amide bonds. The summed E-state index contributed by atoms with van der Waals surface area (Å²) in [6.07, 6.45) is 1.65. The minimum Gasteiger partial charge on any atom is -0.396 e. The maximum atomic E-state index is 11.5. The number of carbonyl (C=O) groups is 1. The Kier molecular flexibility index (Phi) is 6.60. The fraction of sp³-hybridized carbons (Fsp3) is 0.400. The van der Waals surface area contributed by atoms with E-state index in [-0.39, 0.29) is 12.5 Å². The van der Waals surface area contributed by atoms with Crippen molar-refractivity contribution in [2.75, 3.05) is 13.2 Å². The van der Waals surface area contributed by atoms with Crippen molar-refractivity contribution in [2.45, 2.75) is 19.8 Å². The summed E-state index contributed by atoms with van der Waals surface area (Å²) in [7, 11) is 0. The summed E-state index contributed by atoms with van der Waals surface area (Å²) in [6, 6.07) is 9.40. The first-order valence-corrected chi connectivity index (χ1v) is 6.22. The molecule has 0 spiro atoms. The van der Waals surface area contributed by atoms with Gasteiger partial charge in [-0.15, -0.1) is 0 Å². The summed E-state index contributed by atoms with van der Waals surface area (Å²) < 4.78 is 0. The van der Waals surface area contributed by atoms with E-state index in [2.05, 4.69) is 17.2 Å². The first kappa shape index (κ1) is 14.3. The molecule has 0 radical (unpaired) electrons. The SMILES string of the molecule is CCC(CCO)CNC(=O)C#Cc1ccccc1. The van der Waals surface area contributed by atoms with Crippen LogP contribution in [0.25, 0.3) is 0 Å². The summed E-state index contributed by atoms with van der Waals surface area (Å²) in [5, 5.41) is 11.6. The summed E-state index contributed by atoms with van der Waals surface area (Å²) >= 11 is 0. The number of hydrogen-bond acceptors (Lipinski definition) is 2. The third-order valence-corrected chi connectivity index (χ3v) is 2.76. The highest BCUT2D eigenvalue weighted by Gasteiger charge is 2.06. The van der Waals surface area contributed by atoms with Gasteiger partial charge in [0.05, 0.1) is 0 Å². The highest BCUT2D eigenvalue weighted by Crippen LogP contribution is 2.05. The first-order valence-electron chi connectivity index (χ1n) is 6.22. The zero-order chi connectivity index (χ0) is 13.2. The molecule has 2 N–H and O–H groups in total. The van der Waals surface area contributed by atoms with Crippen LogP contribution >= 0.6 is 0 Å². The number of aliphatic hydroxyl groups is 1. The fourth-order valence-corrected chi connectivity index (χ4v) is 1.56. The average Bonchev–Trinajstić information content (AvgIpc) is 2.42. The molecular formula is C15H19NO2. The third kappa shape index (κ3) is 5.51. The molecule has 3 heteroatoms. The minimum atomic E-state index is -0.268. The highest BCUT2D eigenvalue weighted by atomic mass is 16.3. The molecule has 0 saturated carbocycles. The Bertz CT molecular complexity index is 417. The van der Waals surface area contributed by atoms with Crippen LogP contribution < -0.4 is 5.32 Å². The van der Waals surface area contributed by atoms with E-state index in [0.717, 1.165) is 12.0 Å². The minimum absolute atomic E-state index is 0.157. The number of nitrogens with one attached hydrogen (secondary N) is 1. The van der Waals surface area contributed by atoms with E-state index < -0.39 is 0 Å². The Labute approximate surface area is 108 Å². The molecule has 0 fully saturated rings. The van der Waals surface area contributed by atoms with Crippen LogP contribution in [-0.4, -0.2) is 24.2 Å². The van der Waals surface area contributed by atoms with E-state index in [1.165, 1.54) is 0 Å². The van der Waals surface area contributed by atoms with Crippen LogP contribution in [0.5, 0.6) is 0 Å². The number of rotatable bonds is 5. The van der Waals surface area contributed by atoms with E-state index in [1.54, 1.807) is 0 Å². The predicted octanol–water partition coefficient (Wildman–Crippen LogP) is 1.56. The molecule has 0 saturated heterocycles. The lowest BCUT2D eigenvalue weighted by Gasteiger charge is -2.12. The zero-order valence-electron chi connectivity index (χ0n) is 10.6. The Hall–Kier alpha value is -1.79.